The molecule has 0 atom stereocenters. The minimum absolute atomic E-state index is 0.152. The van der Waals surface area contributed by atoms with Crippen LogP contribution >= 0.6 is 0 Å². The summed E-state index contributed by atoms with van der Waals surface area (Å²) in [4.78, 5) is 23.9. The van der Waals surface area contributed by atoms with E-state index in [1.165, 1.54) is 0 Å². The maximum Gasteiger partial charge on any atom is 0.416 e. The summed E-state index contributed by atoms with van der Waals surface area (Å²) in [5.74, 6) is -1.23. The molecular formula is C14H12F3NO3. The Kier molecular flexibility index (Phi) is 2.80. The Morgan fingerprint density at radius 2 is 2.00 bits per heavy atom. The van der Waals surface area contributed by atoms with E-state index in [4.69, 9.17) is 0 Å². The molecule has 1 fully saturated rings. The summed E-state index contributed by atoms with van der Waals surface area (Å²) in [6.45, 7) is 0. The predicted octanol–water partition coefficient (Wildman–Crippen LogP) is 2.87. The first kappa shape index (κ1) is 13.9. The van der Waals surface area contributed by atoms with Crippen LogP contribution in [0, 0.1) is 0 Å². The quantitative estimate of drug-likeness (QED) is 0.811. The molecule has 0 unspecified atom stereocenters. The van der Waals surface area contributed by atoms with Crippen molar-refractivity contribution in [3.63, 3.8) is 0 Å². The second-order valence-electron chi connectivity index (χ2n) is 5.33. The van der Waals surface area contributed by atoms with Crippen LogP contribution in [0.15, 0.2) is 12.1 Å². The highest BCUT2D eigenvalue weighted by Crippen LogP contribution is 2.53. The van der Waals surface area contributed by atoms with E-state index in [1.54, 1.807) is 0 Å². The molecule has 0 radical (unpaired) electrons. The highest BCUT2D eigenvalue weighted by atomic mass is 19.4. The topological polar surface area (TPSA) is 55.4 Å². The zero-order valence-corrected chi connectivity index (χ0v) is 11.1. The van der Waals surface area contributed by atoms with Gasteiger partial charge in [-0.15, -0.1) is 0 Å². The summed E-state index contributed by atoms with van der Waals surface area (Å²) in [6, 6.07) is 1.70. The maximum atomic E-state index is 13.0. The zero-order valence-electron chi connectivity index (χ0n) is 11.1. The summed E-state index contributed by atoms with van der Waals surface area (Å²) in [6.07, 6.45) is -2.83. The smallest absolute Gasteiger partial charge is 0.416 e. The minimum atomic E-state index is -4.59. The lowest BCUT2D eigenvalue weighted by atomic mass is 9.65. The monoisotopic (exact) mass is 299 g/mol. The number of esters is 1. The molecule has 1 N–H and O–H groups in total. The van der Waals surface area contributed by atoms with Crippen LogP contribution in [0.2, 0.25) is 0 Å². The summed E-state index contributed by atoms with van der Waals surface area (Å²) < 4.78 is 43.6. The lowest BCUT2D eigenvalue weighted by Crippen LogP contribution is -2.40. The fraction of sp³-hybridized carbons (Fsp3) is 0.429. The van der Waals surface area contributed by atoms with Crippen LogP contribution < -0.4 is 5.32 Å². The first-order valence-electron chi connectivity index (χ1n) is 6.45. The Bertz CT molecular complexity index is 648. The van der Waals surface area contributed by atoms with E-state index in [0.717, 1.165) is 25.7 Å². The number of ether oxygens (including phenoxy) is 1. The normalized spacial score (nSPS) is 19.0. The molecule has 0 aromatic heterocycles. The van der Waals surface area contributed by atoms with Crippen LogP contribution in [0.1, 0.15) is 40.7 Å². The Balaban J connectivity index is 2.24. The molecule has 1 saturated carbocycles. The summed E-state index contributed by atoms with van der Waals surface area (Å²) in [7, 11) is 1.09. The van der Waals surface area contributed by atoms with E-state index < -0.39 is 23.1 Å². The second-order valence-corrected chi connectivity index (χ2v) is 5.33. The molecule has 1 aliphatic heterocycles. The number of fused-ring (bicyclic) bond motifs is 2. The number of benzene rings is 1. The predicted molar refractivity (Wildman–Crippen MR) is 66.9 cm³/mol. The van der Waals surface area contributed by atoms with Gasteiger partial charge in [0.25, 0.3) is 0 Å². The molecule has 4 nitrogen and oxygen atoms in total. The third kappa shape index (κ3) is 1.83. The minimum Gasteiger partial charge on any atom is -0.465 e. The summed E-state index contributed by atoms with van der Waals surface area (Å²) >= 11 is 0. The van der Waals surface area contributed by atoms with Gasteiger partial charge in [-0.1, -0.05) is 6.42 Å². The second kappa shape index (κ2) is 4.22. The van der Waals surface area contributed by atoms with E-state index in [1.807, 2.05) is 0 Å². The molecule has 7 heteroatoms. The number of carbonyl (C=O) groups is 2. The maximum absolute atomic E-state index is 13.0. The van der Waals surface area contributed by atoms with Gasteiger partial charge >= 0.3 is 12.1 Å². The molecule has 1 spiro atoms. The Hall–Kier alpha value is -2.05. The number of anilines is 1. The number of hydrogen-bond donors (Lipinski definition) is 1. The molecule has 0 saturated heterocycles. The van der Waals surface area contributed by atoms with Gasteiger partial charge < -0.3 is 10.1 Å². The number of nitrogens with one attached hydrogen (secondary N) is 1. The van der Waals surface area contributed by atoms with Crippen LogP contribution in [0.25, 0.3) is 0 Å². The van der Waals surface area contributed by atoms with Gasteiger partial charge in [0, 0.05) is 0 Å². The number of halogens is 3. The van der Waals surface area contributed by atoms with Gasteiger partial charge in [-0.05, 0) is 30.5 Å². The number of hydrogen-bond acceptors (Lipinski definition) is 3. The average molecular weight is 299 g/mol. The molecule has 1 aromatic rings. The van der Waals surface area contributed by atoms with Crippen molar-refractivity contribution in [2.75, 3.05) is 12.4 Å². The van der Waals surface area contributed by atoms with Crippen LogP contribution in [0.4, 0.5) is 18.9 Å². The molecule has 2 aliphatic rings. The van der Waals surface area contributed by atoms with Crippen molar-refractivity contribution in [2.24, 2.45) is 0 Å². The van der Waals surface area contributed by atoms with Gasteiger partial charge in [0.1, 0.15) is 0 Å². The van der Waals surface area contributed by atoms with Crippen molar-refractivity contribution in [3.8, 4) is 0 Å². The third-order valence-corrected chi connectivity index (χ3v) is 4.27. The number of rotatable bonds is 1. The first-order chi connectivity index (χ1) is 9.79. The van der Waals surface area contributed by atoms with Crippen LogP contribution in [-0.4, -0.2) is 19.0 Å². The van der Waals surface area contributed by atoms with Gasteiger partial charge in [0.2, 0.25) is 5.91 Å². The lowest BCUT2D eigenvalue weighted by Gasteiger charge is -2.36. The third-order valence-electron chi connectivity index (χ3n) is 4.27. The number of carbonyl (C=O) groups excluding carboxylic acids is 2. The Labute approximate surface area is 118 Å². The molecular weight excluding hydrogens is 287 g/mol. The van der Waals surface area contributed by atoms with Crippen molar-refractivity contribution < 1.29 is 27.5 Å². The summed E-state index contributed by atoms with van der Waals surface area (Å²) in [5.41, 5.74) is -1.70. The van der Waals surface area contributed by atoms with Crippen LogP contribution in [-0.2, 0) is 21.1 Å². The number of methoxy groups -OCH3 is 1. The Morgan fingerprint density at radius 1 is 1.33 bits per heavy atom. The molecule has 1 amide bonds. The molecule has 1 aliphatic carbocycles. The molecule has 3 rings (SSSR count). The standard InChI is InChI=1S/C14H12F3NO3/c1-21-11(19)8-5-7(14(15,16)17)6-9-10(8)18-12(20)13(9)3-2-4-13/h5-6H,2-4H2,1H3,(H,18,20). The molecule has 1 aromatic carbocycles. The summed E-state index contributed by atoms with van der Waals surface area (Å²) in [5, 5.41) is 2.55. The van der Waals surface area contributed by atoms with Crippen molar-refractivity contribution in [1.29, 1.82) is 0 Å². The Morgan fingerprint density at radius 3 is 2.48 bits per heavy atom. The van der Waals surface area contributed by atoms with Crippen molar-refractivity contribution in [2.45, 2.75) is 30.9 Å². The van der Waals surface area contributed by atoms with E-state index in [2.05, 4.69) is 10.1 Å². The van der Waals surface area contributed by atoms with E-state index in [0.29, 0.717) is 12.8 Å². The van der Waals surface area contributed by atoms with Gasteiger partial charge in [0.15, 0.2) is 0 Å². The van der Waals surface area contributed by atoms with E-state index in [9.17, 15) is 22.8 Å². The van der Waals surface area contributed by atoms with Gasteiger partial charge in [0.05, 0.1) is 29.3 Å². The van der Waals surface area contributed by atoms with Crippen LogP contribution in [0.5, 0.6) is 0 Å². The van der Waals surface area contributed by atoms with Crippen LogP contribution in [0.3, 0.4) is 0 Å². The molecule has 112 valence electrons. The number of alkyl halides is 3. The fourth-order valence-electron chi connectivity index (χ4n) is 2.97. The highest BCUT2D eigenvalue weighted by Gasteiger charge is 2.53. The first-order valence-corrected chi connectivity index (χ1v) is 6.45. The zero-order chi connectivity index (χ0) is 15.4. The van der Waals surface area contributed by atoms with Gasteiger partial charge in [-0.25, -0.2) is 4.79 Å². The number of amides is 1. The van der Waals surface area contributed by atoms with Crippen molar-refractivity contribution >= 4 is 17.6 Å². The average Bonchev–Trinajstić information content (AvgIpc) is 2.67. The van der Waals surface area contributed by atoms with Crippen molar-refractivity contribution in [1.82, 2.24) is 0 Å². The SMILES string of the molecule is COC(=O)c1cc(C(F)(F)F)cc2c1NC(=O)C21CCC1. The lowest BCUT2D eigenvalue weighted by molar-refractivity contribution is -0.137. The fourth-order valence-corrected chi connectivity index (χ4v) is 2.97. The van der Waals surface area contributed by atoms with Crippen molar-refractivity contribution in [3.05, 3.63) is 28.8 Å². The molecule has 0 bridgehead atoms. The largest absolute Gasteiger partial charge is 0.465 e. The highest BCUT2D eigenvalue weighted by molar-refractivity contribution is 6.12. The molecule has 1 heterocycles. The van der Waals surface area contributed by atoms with E-state index >= 15 is 0 Å². The van der Waals surface area contributed by atoms with Gasteiger partial charge in [-0.3, -0.25) is 4.79 Å². The molecule has 21 heavy (non-hydrogen) atoms. The van der Waals surface area contributed by atoms with E-state index in [-0.39, 0.29) is 22.7 Å². The van der Waals surface area contributed by atoms with Gasteiger partial charge in [-0.2, -0.15) is 13.2 Å².